The van der Waals surface area contributed by atoms with Gasteiger partial charge in [-0.15, -0.1) is 0 Å². The molecular weight excluding hydrogens is 360 g/mol. The molecule has 0 aromatic carbocycles. The molecule has 0 radical (unpaired) electrons. The van der Waals surface area contributed by atoms with E-state index in [1.54, 1.807) is 28.9 Å². The molecule has 0 bridgehead atoms. The molecule has 1 atom stereocenters. The van der Waals surface area contributed by atoms with Crippen LogP contribution in [0.25, 0.3) is 0 Å². The van der Waals surface area contributed by atoms with Gasteiger partial charge in [0.05, 0.1) is 19.0 Å². The lowest BCUT2D eigenvalue weighted by Gasteiger charge is -2.36. The third-order valence-corrected chi connectivity index (χ3v) is 5.61. The number of hydrogen-bond donors (Lipinski definition) is 0. The van der Waals surface area contributed by atoms with Crippen molar-refractivity contribution in [2.75, 3.05) is 17.7 Å². The van der Waals surface area contributed by atoms with Crippen LogP contribution in [0.3, 0.4) is 0 Å². The minimum atomic E-state index is -3.66. The van der Waals surface area contributed by atoms with Crippen molar-refractivity contribution in [3.8, 4) is 0 Å². The molecule has 2 aromatic rings. The fourth-order valence-electron chi connectivity index (χ4n) is 3.07. The van der Waals surface area contributed by atoms with Crippen LogP contribution in [-0.4, -0.2) is 57.4 Å². The molecule has 2 aromatic heterocycles. The van der Waals surface area contributed by atoms with Gasteiger partial charge >= 0.3 is 0 Å². The quantitative estimate of drug-likeness (QED) is 0.707. The number of anilines is 1. The van der Waals surface area contributed by atoms with Crippen molar-refractivity contribution in [2.24, 2.45) is 7.05 Å². The third kappa shape index (κ3) is 3.63. The van der Waals surface area contributed by atoms with Crippen molar-refractivity contribution < 1.29 is 17.7 Å². The zero-order chi connectivity index (χ0) is 18.9. The molecule has 26 heavy (non-hydrogen) atoms. The number of carbonyl (C=O) groups excluding carboxylic acids is 1. The summed E-state index contributed by atoms with van der Waals surface area (Å²) in [5.74, 6) is 1.04. The van der Waals surface area contributed by atoms with Gasteiger partial charge in [0.1, 0.15) is 11.9 Å². The van der Waals surface area contributed by atoms with Crippen LogP contribution in [-0.2, 0) is 34.8 Å². The van der Waals surface area contributed by atoms with Gasteiger partial charge in [0.15, 0.2) is 5.82 Å². The van der Waals surface area contributed by atoms with Gasteiger partial charge < -0.3 is 4.52 Å². The third-order valence-electron chi connectivity index (χ3n) is 4.37. The molecule has 1 saturated heterocycles. The van der Waals surface area contributed by atoms with Gasteiger partial charge in [-0.1, -0.05) is 12.1 Å². The topological polar surface area (TPSA) is 114 Å². The van der Waals surface area contributed by atoms with Gasteiger partial charge in [-0.2, -0.15) is 14.4 Å². The van der Waals surface area contributed by atoms with Gasteiger partial charge in [0.2, 0.25) is 21.8 Å². The Bertz CT molecular complexity index is 890. The molecule has 0 N–H and O–H groups in total. The second-order valence-electron chi connectivity index (χ2n) is 6.23. The number of aromatic nitrogens is 4. The van der Waals surface area contributed by atoms with E-state index >= 15 is 0 Å². The summed E-state index contributed by atoms with van der Waals surface area (Å²) in [4.78, 5) is 18.8. The Hall–Kier alpha value is -2.27. The molecule has 1 amide bonds. The summed E-state index contributed by atoms with van der Waals surface area (Å²) in [6.45, 7) is 2.27. The van der Waals surface area contributed by atoms with E-state index in [9.17, 15) is 13.2 Å². The van der Waals surface area contributed by atoms with E-state index in [1.165, 1.54) is 0 Å². The fraction of sp³-hybridized carbons (Fsp3) is 0.600. The second-order valence-corrected chi connectivity index (χ2v) is 8.16. The fourth-order valence-corrected chi connectivity index (χ4v) is 4.08. The molecule has 0 aliphatic carbocycles. The average molecular weight is 382 g/mol. The number of nitrogens with zero attached hydrogens (tertiary/aromatic N) is 6. The van der Waals surface area contributed by atoms with E-state index in [2.05, 4.69) is 15.2 Å². The normalized spacial score (nSPS) is 18.7. The molecule has 0 saturated carbocycles. The van der Waals surface area contributed by atoms with Gasteiger partial charge in [0, 0.05) is 26.1 Å². The standard InChI is InChI=1S/C15H22N6O4S/c1-4-12-17-13(25-18-12)10-21(26(3,23)24)11-6-5-9-20(15(11)22)14-7-8-16-19(14)2/h7-8,11H,4-6,9-10H2,1-3H3/t11-/m0/s1. The summed E-state index contributed by atoms with van der Waals surface area (Å²) in [6.07, 6.45) is 4.39. The summed E-state index contributed by atoms with van der Waals surface area (Å²) in [5.41, 5.74) is 0. The Morgan fingerprint density at radius 2 is 2.19 bits per heavy atom. The SMILES string of the molecule is CCc1noc(CN([C@H]2CCCN(c3ccnn3C)C2=O)S(C)(=O)=O)n1. The molecule has 0 unspecified atom stereocenters. The number of hydrogen-bond acceptors (Lipinski definition) is 7. The minimum absolute atomic E-state index is 0.124. The van der Waals surface area contributed by atoms with E-state index in [4.69, 9.17) is 4.52 Å². The average Bonchev–Trinajstić information content (AvgIpc) is 3.21. The number of carbonyl (C=O) groups is 1. The number of aryl methyl sites for hydroxylation is 2. The van der Waals surface area contributed by atoms with Gasteiger partial charge in [-0.3, -0.25) is 14.4 Å². The first-order valence-corrected chi connectivity index (χ1v) is 10.2. The summed E-state index contributed by atoms with van der Waals surface area (Å²) < 4.78 is 32.6. The van der Waals surface area contributed by atoms with Crippen molar-refractivity contribution in [1.29, 1.82) is 0 Å². The van der Waals surface area contributed by atoms with Gasteiger partial charge in [-0.05, 0) is 12.8 Å². The molecular formula is C15H22N6O4S. The molecule has 3 heterocycles. The van der Waals surface area contributed by atoms with Crippen LogP contribution in [0.5, 0.6) is 0 Å². The molecule has 1 fully saturated rings. The largest absolute Gasteiger partial charge is 0.338 e. The van der Waals surface area contributed by atoms with E-state index in [0.717, 1.165) is 10.6 Å². The Kier molecular flexibility index (Phi) is 5.10. The lowest BCUT2D eigenvalue weighted by Crippen LogP contribution is -2.54. The maximum Gasteiger partial charge on any atom is 0.246 e. The van der Waals surface area contributed by atoms with Gasteiger partial charge in [0.25, 0.3) is 0 Å². The van der Waals surface area contributed by atoms with E-state index < -0.39 is 16.1 Å². The predicted octanol–water partition coefficient (Wildman–Crippen LogP) is 0.323. The van der Waals surface area contributed by atoms with Crippen LogP contribution in [0.15, 0.2) is 16.8 Å². The Morgan fingerprint density at radius 3 is 2.77 bits per heavy atom. The van der Waals surface area contributed by atoms with Crippen LogP contribution < -0.4 is 4.90 Å². The molecule has 1 aliphatic rings. The lowest BCUT2D eigenvalue weighted by atomic mass is 10.0. The molecule has 0 spiro atoms. The highest BCUT2D eigenvalue weighted by molar-refractivity contribution is 7.88. The minimum Gasteiger partial charge on any atom is -0.338 e. The first kappa shape index (κ1) is 18.5. The van der Waals surface area contributed by atoms with Crippen LogP contribution in [0.1, 0.15) is 31.5 Å². The van der Waals surface area contributed by atoms with Crippen molar-refractivity contribution in [2.45, 2.75) is 38.8 Å². The molecule has 10 nitrogen and oxygen atoms in total. The number of rotatable bonds is 6. The highest BCUT2D eigenvalue weighted by Crippen LogP contribution is 2.25. The maximum absolute atomic E-state index is 13.0. The zero-order valence-corrected chi connectivity index (χ0v) is 15.8. The summed E-state index contributed by atoms with van der Waals surface area (Å²) in [5, 5.41) is 7.87. The highest BCUT2D eigenvalue weighted by Gasteiger charge is 2.39. The molecule has 3 rings (SSSR count). The first-order valence-electron chi connectivity index (χ1n) is 8.39. The maximum atomic E-state index is 13.0. The van der Waals surface area contributed by atoms with Gasteiger partial charge in [-0.25, -0.2) is 8.42 Å². The number of amides is 1. The van der Waals surface area contributed by atoms with Crippen molar-refractivity contribution in [3.05, 3.63) is 24.0 Å². The van der Waals surface area contributed by atoms with Crippen molar-refractivity contribution >= 4 is 21.7 Å². The van der Waals surface area contributed by atoms with Crippen molar-refractivity contribution in [1.82, 2.24) is 24.2 Å². The smallest absolute Gasteiger partial charge is 0.246 e. The molecule has 1 aliphatic heterocycles. The second kappa shape index (κ2) is 7.16. The van der Waals surface area contributed by atoms with E-state index in [1.807, 2.05) is 6.92 Å². The summed E-state index contributed by atoms with van der Waals surface area (Å²) in [7, 11) is -1.92. The number of sulfonamides is 1. The monoisotopic (exact) mass is 382 g/mol. The highest BCUT2D eigenvalue weighted by atomic mass is 32.2. The van der Waals surface area contributed by atoms with Crippen molar-refractivity contribution in [3.63, 3.8) is 0 Å². The zero-order valence-electron chi connectivity index (χ0n) is 15.0. The Labute approximate surface area is 151 Å². The summed E-state index contributed by atoms with van der Waals surface area (Å²) >= 11 is 0. The van der Waals surface area contributed by atoms with Crippen LogP contribution in [0.2, 0.25) is 0 Å². The Balaban J connectivity index is 1.88. The first-order chi connectivity index (χ1) is 12.3. The van der Waals surface area contributed by atoms with Crippen LogP contribution >= 0.6 is 0 Å². The lowest BCUT2D eigenvalue weighted by molar-refractivity contribution is -0.123. The molecule has 11 heteroatoms. The van der Waals surface area contributed by atoms with Crippen LogP contribution in [0, 0.1) is 0 Å². The van der Waals surface area contributed by atoms with E-state index in [-0.39, 0.29) is 18.3 Å². The number of piperidine rings is 1. The van der Waals surface area contributed by atoms with Crippen LogP contribution in [0.4, 0.5) is 5.82 Å². The predicted molar refractivity (Wildman–Crippen MR) is 92.6 cm³/mol. The Morgan fingerprint density at radius 1 is 1.42 bits per heavy atom. The summed E-state index contributed by atoms with van der Waals surface area (Å²) in [6, 6.07) is 0.918. The van der Waals surface area contributed by atoms with E-state index in [0.29, 0.717) is 37.4 Å². The molecule has 142 valence electrons.